The molecule has 1 aromatic rings. The zero-order valence-electron chi connectivity index (χ0n) is 9.03. The molecule has 0 aliphatic carbocycles. The van der Waals surface area contributed by atoms with Gasteiger partial charge in [0.1, 0.15) is 0 Å². The maximum atomic E-state index is 11.5. The van der Waals surface area contributed by atoms with Crippen molar-refractivity contribution in [1.29, 1.82) is 0 Å². The molecule has 0 aliphatic heterocycles. The van der Waals surface area contributed by atoms with Crippen LogP contribution in [0.4, 0.5) is 0 Å². The van der Waals surface area contributed by atoms with E-state index in [-0.39, 0.29) is 5.97 Å². The van der Waals surface area contributed by atoms with E-state index in [1.807, 2.05) is 13.8 Å². The Balaban J connectivity index is 2.50. The van der Waals surface area contributed by atoms with Gasteiger partial charge in [-0.1, -0.05) is 13.8 Å². The molecule has 1 heterocycles. The molecule has 15 heavy (non-hydrogen) atoms. The van der Waals surface area contributed by atoms with Crippen LogP contribution in [0.2, 0.25) is 0 Å². The summed E-state index contributed by atoms with van der Waals surface area (Å²) in [5, 5.41) is 2.60. The Morgan fingerprint density at radius 1 is 1.67 bits per heavy atom. The van der Waals surface area contributed by atoms with Gasteiger partial charge in [0.2, 0.25) is 0 Å². The molecule has 84 valence electrons. The molecular formula is C10H16N2O2S. The molecule has 1 rings (SSSR count). The van der Waals surface area contributed by atoms with Crippen molar-refractivity contribution in [3.63, 3.8) is 0 Å². The molecule has 5 heteroatoms. The molecular weight excluding hydrogens is 212 g/mol. The van der Waals surface area contributed by atoms with Crippen molar-refractivity contribution < 1.29 is 9.53 Å². The fraction of sp³-hybridized carbons (Fsp3) is 0.600. The highest BCUT2D eigenvalue weighted by atomic mass is 32.1. The number of aromatic nitrogens is 1. The molecule has 4 nitrogen and oxygen atoms in total. The standard InChI is InChI=1S/C10H16N2O2S/c1-7(2)5-14-10(13)8-6-15-9(12-8)3-4-11/h6-7H,3-5,11H2,1-2H3. The van der Waals surface area contributed by atoms with Crippen molar-refractivity contribution in [2.75, 3.05) is 13.2 Å². The zero-order valence-corrected chi connectivity index (χ0v) is 9.84. The third kappa shape index (κ3) is 3.97. The first-order chi connectivity index (χ1) is 7.13. The lowest BCUT2D eigenvalue weighted by Gasteiger charge is -2.04. The van der Waals surface area contributed by atoms with E-state index >= 15 is 0 Å². The van der Waals surface area contributed by atoms with E-state index in [1.54, 1.807) is 5.38 Å². The summed E-state index contributed by atoms with van der Waals surface area (Å²) in [7, 11) is 0. The van der Waals surface area contributed by atoms with Gasteiger partial charge in [0.15, 0.2) is 5.69 Å². The number of thiazole rings is 1. The first-order valence-corrected chi connectivity index (χ1v) is 5.83. The normalized spacial score (nSPS) is 10.7. The molecule has 2 N–H and O–H groups in total. The molecule has 0 spiro atoms. The SMILES string of the molecule is CC(C)COC(=O)c1csc(CCN)n1. The summed E-state index contributed by atoms with van der Waals surface area (Å²) in [5.41, 5.74) is 5.79. The van der Waals surface area contributed by atoms with Crippen LogP contribution in [-0.4, -0.2) is 24.1 Å². The number of esters is 1. The molecule has 0 saturated heterocycles. The van der Waals surface area contributed by atoms with Crippen LogP contribution in [0.15, 0.2) is 5.38 Å². The lowest BCUT2D eigenvalue weighted by molar-refractivity contribution is 0.0453. The van der Waals surface area contributed by atoms with Gasteiger partial charge in [0.05, 0.1) is 11.6 Å². The highest BCUT2D eigenvalue weighted by molar-refractivity contribution is 7.09. The summed E-state index contributed by atoms with van der Waals surface area (Å²) in [5.74, 6) is -0.000630. The number of nitrogens with zero attached hydrogens (tertiary/aromatic N) is 1. The van der Waals surface area contributed by atoms with Crippen molar-refractivity contribution in [1.82, 2.24) is 4.98 Å². The molecule has 0 bridgehead atoms. The minimum Gasteiger partial charge on any atom is -0.461 e. The van der Waals surface area contributed by atoms with Gasteiger partial charge in [-0.2, -0.15) is 0 Å². The predicted octanol–water partition coefficient (Wildman–Crippen LogP) is 1.46. The first kappa shape index (κ1) is 12.1. The molecule has 0 aromatic carbocycles. The average Bonchev–Trinajstić information content (AvgIpc) is 2.63. The maximum Gasteiger partial charge on any atom is 0.357 e. The van der Waals surface area contributed by atoms with E-state index in [0.717, 1.165) is 5.01 Å². The summed E-state index contributed by atoms with van der Waals surface area (Å²) < 4.78 is 5.05. The Hall–Kier alpha value is -0.940. The van der Waals surface area contributed by atoms with Crippen molar-refractivity contribution >= 4 is 17.3 Å². The molecule has 0 amide bonds. The van der Waals surface area contributed by atoms with Gasteiger partial charge in [0.25, 0.3) is 0 Å². The monoisotopic (exact) mass is 228 g/mol. The third-order valence-corrected chi connectivity index (χ3v) is 2.58. The summed E-state index contributed by atoms with van der Waals surface area (Å²) in [4.78, 5) is 15.6. The van der Waals surface area contributed by atoms with Crippen LogP contribution in [-0.2, 0) is 11.2 Å². The van der Waals surface area contributed by atoms with E-state index in [2.05, 4.69) is 4.98 Å². The van der Waals surface area contributed by atoms with Gasteiger partial charge >= 0.3 is 5.97 Å². The van der Waals surface area contributed by atoms with Crippen LogP contribution in [0.1, 0.15) is 29.3 Å². The second-order valence-corrected chi connectivity index (χ2v) is 4.60. The lowest BCUT2D eigenvalue weighted by Crippen LogP contribution is -2.11. The Morgan fingerprint density at radius 2 is 2.40 bits per heavy atom. The highest BCUT2D eigenvalue weighted by Gasteiger charge is 2.12. The van der Waals surface area contributed by atoms with E-state index in [0.29, 0.717) is 31.2 Å². The van der Waals surface area contributed by atoms with Gasteiger partial charge in [-0.05, 0) is 12.5 Å². The van der Waals surface area contributed by atoms with Crippen molar-refractivity contribution in [3.05, 3.63) is 16.1 Å². The molecule has 0 radical (unpaired) electrons. The van der Waals surface area contributed by atoms with Crippen LogP contribution in [0.5, 0.6) is 0 Å². The predicted molar refractivity (Wildman–Crippen MR) is 60.0 cm³/mol. The second kappa shape index (κ2) is 5.82. The molecule has 0 aliphatic rings. The van der Waals surface area contributed by atoms with Crippen LogP contribution in [0, 0.1) is 5.92 Å². The topological polar surface area (TPSA) is 65.2 Å². The smallest absolute Gasteiger partial charge is 0.357 e. The van der Waals surface area contributed by atoms with Gasteiger partial charge in [-0.25, -0.2) is 9.78 Å². The van der Waals surface area contributed by atoms with Gasteiger partial charge in [0, 0.05) is 11.8 Å². The zero-order chi connectivity index (χ0) is 11.3. The van der Waals surface area contributed by atoms with Crippen molar-refractivity contribution in [3.8, 4) is 0 Å². The fourth-order valence-corrected chi connectivity index (χ4v) is 1.74. The van der Waals surface area contributed by atoms with Crippen molar-refractivity contribution in [2.45, 2.75) is 20.3 Å². The Bertz CT molecular complexity index is 323. The van der Waals surface area contributed by atoms with Crippen LogP contribution < -0.4 is 5.73 Å². The van der Waals surface area contributed by atoms with Gasteiger partial charge < -0.3 is 10.5 Å². The Morgan fingerprint density at radius 3 is 3.00 bits per heavy atom. The quantitative estimate of drug-likeness (QED) is 0.775. The molecule has 0 unspecified atom stereocenters. The second-order valence-electron chi connectivity index (χ2n) is 3.66. The summed E-state index contributed by atoms with van der Waals surface area (Å²) in [6.07, 6.45) is 0.710. The largest absolute Gasteiger partial charge is 0.461 e. The fourth-order valence-electron chi connectivity index (χ4n) is 0.959. The van der Waals surface area contributed by atoms with Gasteiger partial charge in [-0.15, -0.1) is 11.3 Å². The van der Waals surface area contributed by atoms with Crippen molar-refractivity contribution in [2.24, 2.45) is 11.7 Å². The number of carbonyl (C=O) groups is 1. The highest BCUT2D eigenvalue weighted by Crippen LogP contribution is 2.11. The van der Waals surface area contributed by atoms with Gasteiger partial charge in [-0.3, -0.25) is 0 Å². The molecule has 0 saturated carbocycles. The maximum absolute atomic E-state index is 11.5. The minimum absolute atomic E-state index is 0.344. The number of hydrogen-bond acceptors (Lipinski definition) is 5. The lowest BCUT2D eigenvalue weighted by atomic mass is 10.2. The molecule has 0 atom stereocenters. The van der Waals surface area contributed by atoms with E-state index in [1.165, 1.54) is 11.3 Å². The summed E-state index contributed by atoms with van der Waals surface area (Å²) >= 11 is 1.44. The number of nitrogens with two attached hydrogens (primary N) is 1. The van der Waals surface area contributed by atoms with E-state index < -0.39 is 0 Å². The number of rotatable bonds is 5. The number of carbonyl (C=O) groups excluding carboxylic acids is 1. The minimum atomic E-state index is -0.344. The van der Waals surface area contributed by atoms with E-state index in [4.69, 9.17) is 10.5 Å². The number of hydrogen-bond donors (Lipinski definition) is 1. The third-order valence-electron chi connectivity index (χ3n) is 1.67. The Kier molecular flexibility index (Phi) is 4.71. The molecule has 1 aromatic heterocycles. The summed E-state index contributed by atoms with van der Waals surface area (Å²) in [6.45, 7) is 4.97. The average molecular weight is 228 g/mol. The van der Waals surface area contributed by atoms with Crippen LogP contribution in [0.3, 0.4) is 0 Å². The number of ether oxygens (including phenoxy) is 1. The summed E-state index contributed by atoms with van der Waals surface area (Å²) in [6, 6.07) is 0. The van der Waals surface area contributed by atoms with E-state index in [9.17, 15) is 4.79 Å². The molecule has 0 fully saturated rings. The van der Waals surface area contributed by atoms with Crippen LogP contribution >= 0.6 is 11.3 Å². The first-order valence-electron chi connectivity index (χ1n) is 4.95. The van der Waals surface area contributed by atoms with Crippen LogP contribution in [0.25, 0.3) is 0 Å². The Labute approximate surface area is 93.5 Å².